The van der Waals surface area contributed by atoms with Gasteiger partial charge in [-0.05, 0) is 17.5 Å². The van der Waals surface area contributed by atoms with Crippen LogP contribution in [0.2, 0.25) is 0 Å². The molecule has 0 aromatic heterocycles. The second-order valence-corrected chi connectivity index (χ2v) is 7.23. The van der Waals surface area contributed by atoms with Crippen molar-refractivity contribution in [2.24, 2.45) is 0 Å². The summed E-state index contributed by atoms with van der Waals surface area (Å²) in [6.45, 7) is 0.574. The highest BCUT2D eigenvalue weighted by Crippen LogP contribution is 2.44. The van der Waals surface area contributed by atoms with Gasteiger partial charge in [0, 0.05) is 19.5 Å². The molecule has 0 spiro atoms. The minimum Gasteiger partial charge on any atom is -0.530 e. The molecular weight excluding hydrogens is 344 g/mol. The lowest BCUT2D eigenvalue weighted by molar-refractivity contribution is -0.271. The van der Waals surface area contributed by atoms with Crippen molar-refractivity contribution in [1.29, 1.82) is 0 Å². The number of aliphatic hydroxyl groups is 1. The van der Waals surface area contributed by atoms with Crippen molar-refractivity contribution in [2.45, 2.75) is 37.1 Å². The smallest absolute Gasteiger partial charge is 0.245 e. The average Bonchev–Trinajstić information content (AvgIpc) is 2.64. The number of carboxylic acid groups (broad SMARTS) is 1. The molecule has 3 unspecified atom stereocenters. The molecule has 0 radical (unpaired) electrons. The third-order valence-corrected chi connectivity index (χ3v) is 5.72. The number of hydrogen-bond donors (Lipinski definition) is 1. The molecule has 6 heteroatoms. The van der Waals surface area contributed by atoms with Gasteiger partial charge in [-0.3, -0.25) is 4.79 Å². The number of nitrogens with zero attached hydrogens (tertiary/aromatic N) is 2. The lowest BCUT2D eigenvalue weighted by atomic mass is 9.71. The van der Waals surface area contributed by atoms with Gasteiger partial charge in [0.25, 0.3) is 0 Å². The highest BCUT2D eigenvalue weighted by atomic mass is 16.4. The summed E-state index contributed by atoms with van der Waals surface area (Å²) < 4.78 is 0. The van der Waals surface area contributed by atoms with Crippen LogP contribution in [0.25, 0.3) is 0 Å². The zero-order chi connectivity index (χ0) is 19.0. The Hall–Kier alpha value is -2.86. The highest BCUT2D eigenvalue weighted by Gasteiger charge is 2.56. The van der Waals surface area contributed by atoms with E-state index in [0.29, 0.717) is 18.5 Å². The quantitative estimate of drug-likeness (QED) is 0.879. The summed E-state index contributed by atoms with van der Waals surface area (Å²) >= 11 is 0. The molecule has 6 nitrogen and oxygen atoms in total. The zero-order valence-electron chi connectivity index (χ0n) is 14.8. The minimum absolute atomic E-state index is 0.0256. The summed E-state index contributed by atoms with van der Waals surface area (Å²) in [5, 5.41) is 23.3. The lowest BCUT2D eigenvalue weighted by Gasteiger charge is -2.57. The summed E-state index contributed by atoms with van der Waals surface area (Å²) in [4.78, 5) is 27.4. The van der Waals surface area contributed by atoms with Crippen molar-refractivity contribution in [3.63, 3.8) is 0 Å². The maximum atomic E-state index is 12.9. The Kier molecular flexibility index (Phi) is 4.36. The van der Waals surface area contributed by atoms with Crippen molar-refractivity contribution in [2.75, 3.05) is 6.54 Å². The van der Waals surface area contributed by atoms with Gasteiger partial charge in [-0.1, -0.05) is 60.7 Å². The fourth-order valence-corrected chi connectivity index (χ4v) is 4.22. The molecule has 2 aliphatic heterocycles. The Balaban J connectivity index is 1.68. The molecule has 140 valence electrons. The van der Waals surface area contributed by atoms with Gasteiger partial charge < -0.3 is 24.8 Å². The Morgan fingerprint density at radius 2 is 1.78 bits per heavy atom. The topological polar surface area (TPSA) is 83.9 Å². The molecular formula is C21H21N2O4-. The van der Waals surface area contributed by atoms with Gasteiger partial charge in [-0.15, -0.1) is 0 Å². The molecule has 2 amide bonds. The number of amides is 2. The molecule has 2 saturated heterocycles. The van der Waals surface area contributed by atoms with E-state index in [1.165, 1.54) is 0 Å². The van der Waals surface area contributed by atoms with Crippen molar-refractivity contribution < 1.29 is 19.8 Å². The zero-order valence-corrected chi connectivity index (χ0v) is 14.8. The van der Waals surface area contributed by atoms with Crippen LogP contribution in [0.5, 0.6) is 0 Å². The van der Waals surface area contributed by atoms with E-state index in [0.717, 1.165) is 10.5 Å². The number of hydrogen-bond acceptors (Lipinski definition) is 4. The summed E-state index contributed by atoms with van der Waals surface area (Å²) in [5.74, 6) is -0.257. The Morgan fingerprint density at radius 3 is 2.33 bits per heavy atom. The summed E-state index contributed by atoms with van der Waals surface area (Å²) in [5.41, 5.74) is 0.196. The van der Waals surface area contributed by atoms with Gasteiger partial charge in [0.1, 0.15) is 17.7 Å². The first-order valence-electron chi connectivity index (χ1n) is 9.10. The minimum atomic E-state index is -1.41. The van der Waals surface area contributed by atoms with Gasteiger partial charge in [0.05, 0.1) is 6.04 Å². The summed E-state index contributed by atoms with van der Waals surface area (Å²) in [6.07, 6.45) is -0.683. The van der Waals surface area contributed by atoms with E-state index in [1.807, 2.05) is 48.5 Å². The predicted octanol–water partition coefficient (Wildman–Crippen LogP) is 1.09. The van der Waals surface area contributed by atoms with Crippen LogP contribution in [0.1, 0.15) is 24.0 Å². The molecule has 27 heavy (non-hydrogen) atoms. The van der Waals surface area contributed by atoms with Gasteiger partial charge in [0.2, 0.25) is 5.91 Å². The van der Waals surface area contributed by atoms with E-state index in [1.54, 1.807) is 17.0 Å². The van der Waals surface area contributed by atoms with Crippen LogP contribution in [-0.2, 0) is 16.9 Å². The number of benzene rings is 2. The second kappa shape index (κ2) is 6.70. The van der Waals surface area contributed by atoms with Gasteiger partial charge in [-0.25, -0.2) is 0 Å². The Morgan fingerprint density at radius 1 is 1.15 bits per heavy atom. The van der Waals surface area contributed by atoms with E-state index in [4.69, 9.17) is 0 Å². The third-order valence-electron chi connectivity index (χ3n) is 5.72. The first-order chi connectivity index (χ1) is 13.0. The van der Waals surface area contributed by atoms with Crippen molar-refractivity contribution in [3.8, 4) is 0 Å². The van der Waals surface area contributed by atoms with Gasteiger partial charge in [-0.2, -0.15) is 0 Å². The Bertz CT molecular complexity index is 842. The lowest BCUT2D eigenvalue weighted by Crippen LogP contribution is -2.71. The number of carbonyl (C=O) groups excluding carboxylic acids is 2. The highest BCUT2D eigenvalue weighted by molar-refractivity contribution is 5.87. The van der Waals surface area contributed by atoms with Crippen LogP contribution in [0.4, 0.5) is 4.79 Å². The van der Waals surface area contributed by atoms with Crippen molar-refractivity contribution in [3.05, 3.63) is 71.8 Å². The molecule has 2 aromatic carbocycles. The van der Waals surface area contributed by atoms with Crippen LogP contribution in [0, 0.1) is 0 Å². The molecule has 2 aliphatic rings. The largest absolute Gasteiger partial charge is 0.530 e. The molecule has 0 saturated carbocycles. The van der Waals surface area contributed by atoms with E-state index in [2.05, 4.69) is 0 Å². The monoisotopic (exact) mass is 365 g/mol. The van der Waals surface area contributed by atoms with Gasteiger partial charge in [0.15, 0.2) is 0 Å². The van der Waals surface area contributed by atoms with E-state index >= 15 is 0 Å². The molecule has 3 atom stereocenters. The number of rotatable bonds is 4. The van der Waals surface area contributed by atoms with Crippen LogP contribution < -0.4 is 5.11 Å². The van der Waals surface area contributed by atoms with E-state index < -0.39 is 17.7 Å². The van der Waals surface area contributed by atoms with E-state index in [-0.39, 0.29) is 24.9 Å². The average molecular weight is 365 g/mol. The standard InChI is InChI=1S/C21H22N2O4/c24-19-17(23(20(25)26)14-15-7-3-1-4-8-15)13-21(27,18-11-12-22(18)19)16-9-5-2-6-10-16/h1-10,17-18,27H,11-14H2,(H,25,26)/p-1. The van der Waals surface area contributed by atoms with Crippen LogP contribution in [-0.4, -0.2) is 45.5 Å². The molecule has 2 fully saturated rings. The Labute approximate surface area is 157 Å². The fraction of sp³-hybridized carbons (Fsp3) is 0.333. The molecule has 2 heterocycles. The van der Waals surface area contributed by atoms with E-state index in [9.17, 15) is 19.8 Å². The fourth-order valence-electron chi connectivity index (χ4n) is 4.22. The van der Waals surface area contributed by atoms with Crippen LogP contribution >= 0.6 is 0 Å². The SMILES string of the molecule is O=C([O-])N(Cc1ccccc1)C1CC(O)(c2ccccc2)C2CCN2C1=O. The van der Waals surface area contributed by atoms with Crippen LogP contribution in [0.3, 0.4) is 0 Å². The molecule has 2 aromatic rings. The first kappa shape index (κ1) is 17.5. The maximum absolute atomic E-state index is 12.9. The first-order valence-corrected chi connectivity index (χ1v) is 9.10. The third kappa shape index (κ3) is 2.96. The molecule has 0 aliphatic carbocycles. The van der Waals surface area contributed by atoms with Crippen molar-refractivity contribution >= 4 is 12.0 Å². The van der Waals surface area contributed by atoms with Crippen LogP contribution in [0.15, 0.2) is 60.7 Å². The molecule has 4 rings (SSSR count). The van der Waals surface area contributed by atoms with Crippen molar-refractivity contribution in [1.82, 2.24) is 9.80 Å². The summed E-state index contributed by atoms with van der Waals surface area (Å²) in [7, 11) is 0. The normalized spacial score (nSPS) is 26.9. The molecule has 1 N–H and O–H groups in total. The summed E-state index contributed by atoms with van der Waals surface area (Å²) in [6, 6.07) is 17.0. The van der Waals surface area contributed by atoms with Gasteiger partial charge >= 0.3 is 0 Å². The number of carbonyl (C=O) groups is 2. The number of fused-ring (bicyclic) bond motifs is 1. The maximum Gasteiger partial charge on any atom is 0.245 e. The second-order valence-electron chi connectivity index (χ2n) is 7.23. The predicted molar refractivity (Wildman–Crippen MR) is 96.2 cm³/mol. The molecule has 0 bridgehead atoms. The number of piperidine rings is 1.